The molecule has 4 rings (SSSR count). The number of para-hydroxylation sites is 1. The van der Waals surface area contributed by atoms with Crippen molar-refractivity contribution in [2.24, 2.45) is 0 Å². The Morgan fingerprint density at radius 2 is 1.93 bits per heavy atom. The standard InChI is InChI=1S/C21H20BrClN4O2S/c22-15-8-3-2-7-14(15)20-25-26-21(29-20)30-13-18(28)24-17-10-6-9-16(23)19(17)27-11-4-1-5-12-27/h2-3,6-10H,1,4-5,11-13H2,(H,24,28). The number of carbonyl (C=O) groups is 1. The van der Waals surface area contributed by atoms with Crippen molar-refractivity contribution < 1.29 is 9.21 Å². The van der Waals surface area contributed by atoms with Gasteiger partial charge < -0.3 is 14.6 Å². The number of aromatic nitrogens is 2. The minimum Gasteiger partial charge on any atom is -0.411 e. The van der Waals surface area contributed by atoms with Gasteiger partial charge in [0.25, 0.3) is 5.22 Å². The lowest BCUT2D eigenvalue weighted by Crippen LogP contribution is -2.30. The minimum atomic E-state index is -0.152. The predicted octanol–water partition coefficient (Wildman–Crippen LogP) is 5.87. The van der Waals surface area contributed by atoms with E-state index in [1.54, 1.807) is 0 Å². The monoisotopic (exact) mass is 506 g/mol. The first-order chi connectivity index (χ1) is 14.6. The number of nitrogens with one attached hydrogen (secondary N) is 1. The summed E-state index contributed by atoms with van der Waals surface area (Å²) in [5.74, 6) is 0.414. The number of halogens is 2. The molecular weight excluding hydrogens is 488 g/mol. The molecule has 1 fully saturated rings. The molecule has 0 aliphatic carbocycles. The van der Waals surface area contributed by atoms with Crippen molar-refractivity contribution in [1.82, 2.24) is 10.2 Å². The lowest BCUT2D eigenvalue weighted by Gasteiger charge is -2.31. The van der Waals surface area contributed by atoms with Crippen LogP contribution in [0.3, 0.4) is 0 Å². The lowest BCUT2D eigenvalue weighted by molar-refractivity contribution is -0.113. The first-order valence-corrected chi connectivity index (χ1v) is 11.8. The van der Waals surface area contributed by atoms with Gasteiger partial charge in [0.2, 0.25) is 11.8 Å². The third kappa shape index (κ3) is 4.99. The third-order valence-corrected chi connectivity index (χ3v) is 6.59. The third-order valence-electron chi connectivity index (χ3n) is 4.77. The quantitative estimate of drug-likeness (QED) is 0.421. The second-order valence-electron chi connectivity index (χ2n) is 6.87. The van der Waals surface area contributed by atoms with Crippen LogP contribution in [0.5, 0.6) is 0 Å². The average molecular weight is 508 g/mol. The molecule has 0 radical (unpaired) electrons. The summed E-state index contributed by atoms with van der Waals surface area (Å²) in [5.41, 5.74) is 2.44. The van der Waals surface area contributed by atoms with Gasteiger partial charge in [-0.05, 0) is 59.5 Å². The van der Waals surface area contributed by atoms with Crippen LogP contribution in [-0.4, -0.2) is 34.9 Å². The zero-order valence-electron chi connectivity index (χ0n) is 16.1. The van der Waals surface area contributed by atoms with Crippen molar-refractivity contribution in [2.75, 3.05) is 29.1 Å². The molecule has 1 aliphatic rings. The summed E-state index contributed by atoms with van der Waals surface area (Å²) in [5, 5.41) is 12.1. The number of carbonyl (C=O) groups excluding carboxylic acids is 1. The molecule has 9 heteroatoms. The van der Waals surface area contributed by atoms with Crippen LogP contribution in [0.15, 0.2) is 56.6 Å². The van der Waals surface area contributed by atoms with Gasteiger partial charge in [-0.1, -0.05) is 41.6 Å². The molecule has 0 saturated carbocycles. The van der Waals surface area contributed by atoms with Crippen LogP contribution in [0.25, 0.3) is 11.5 Å². The molecule has 0 atom stereocenters. The summed E-state index contributed by atoms with van der Waals surface area (Å²) < 4.78 is 6.56. The Balaban J connectivity index is 1.40. The van der Waals surface area contributed by atoms with Gasteiger partial charge in [-0.15, -0.1) is 10.2 Å². The summed E-state index contributed by atoms with van der Waals surface area (Å²) in [6, 6.07) is 13.2. The first kappa shape index (κ1) is 21.2. The van der Waals surface area contributed by atoms with E-state index in [9.17, 15) is 4.79 Å². The van der Waals surface area contributed by atoms with E-state index in [2.05, 4.69) is 36.3 Å². The van der Waals surface area contributed by atoms with Crippen LogP contribution in [0, 0.1) is 0 Å². The van der Waals surface area contributed by atoms with E-state index in [1.165, 1.54) is 18.2 Å². The number of thioether (sulfide) groups is 1. The Bertz CT molecular complexity index is 1040. The summed E-state index contributed by atoms with van der Waals surface area (Å²) in [7, 11) is 0. The van der Waals surface area contributed by atoms with E-state index < -0.39 is 0 Å². The van der Waals surface area contributed by atoms with E-state index >= 15 is 0 Å². The molecule has 1 amide bonds. The molecule has 1 aromatic heterocycles. The topological polar surface area (TPSA) is 71.3 Å². The highest BCUT2D eigenvalue weighted by molar-refractivity contribution is 9.10. The molecule has 6 nitrogen and oxygen atoms in total. The Morgan fingerprint density at radius 1 is 1.13 bits per heavy atom. The number of amides is 1. The molecule has 2 aromatic carbocycles. The Hall–Kier alpha value is -2.03. The van der Waals surface area contributed by atoms with E-state index in [1.807, 2.05) is 42.5 Å². The number of hydrogen-bond acceptors (Lipinski definition) is 6. The second kappa shape index (κ2) is 9.85. The summed E-state index contributed by atoms with van der Waals surface area (Å²) in [4.78, 5) is 14.8. The predicted molar refractivity (Wildman–Crippen MR) is 124 cm³/mol. The highest BCUT2D eigenvalue weighted by atomic mass is 79.9. The first-order valence-electron chi connectivity index (χ1n) is 9.66. The maximum atomic E-state index is 12.6. The fraction of sp³-hybridized carbons (Fsp3) is 0.286. The molecule has 1 N–H and O–H groups in total. The highest BCUT2D eigenvalue weighted by Gasteiger charge is 2.19. The van der Waals surface area contributed by atoms with Gasteiger partial charge in [-0.3, -0.25) is 4.79 Å². The summed E-state index contributed by atoms with van der Waals surface area (Å²) in [6.07, 6.45) is 3.49. The minimum absolute atomic E-state index is 0.152. The molecule has 1 saturated heterocycles. The zero-order chi connectivity index (χ0) is 20.9. The van der Waals surface area contributed by atoms with E-state index in [-0.39, 0.29) is 11.7 Å². The van der Waals surface area contributed by atoms with Crippen molar-refractivity contribution in [2.45, 2.75) is 24.5 Å². The number of benzene rings is 2. The van der Waals surface area contributed by atoms with E-state index in [4.69, 9.17) is 16.0 Å². The smallest absolute Gasteiger partial charge is 0.277 e. The molecule has 30 heavy (non-hydrogen) atoms. The maximum Gasteiger partial charge on any atom is 0.277 e. The zero-order valence-corrected chi connectivity index (χ0v) is 19.3. The number of hydrogen-bond donors (Lipinski definition) is 1. The van der Waals surface area contributed by atoms with Crippen LogP contribution in [-0.2, 0) is 4.79 Å². The fourth-order valence-electron chi connectivity index (χ4n) is 3.38. The maximum absolute atomic E-state index is 12.6. The van der Waals surface area contributed by atoms with Crippen LogP contribution in [0.2, 0.25) is 5.02 Å². The Morgan fingerprint density at radius 3 is 2.73 bits per heavy atom. The second-order valence-corrected chi connectivity index (χ2v) is 9.06. The largest absolute Gasteiger partial charge is 0.411 e. The van der Waals surface area contributed by atoms with Gasteiger partial charge >= 0.3 is 0 Å². The van der Waals surface area contributed by atoms with Gasteiger partial charge in [0.1, 0.15) is 0 Å². The summed E-state index contributed by atoms with van der Waals surface area (Å²) >= 11 is 11.1. The van der Waals surface area contributed by atoms with Crippen molar-refractivity contribution >= 4 is 56.6 Å². The van der Waals surface area contributed by atoms with Crippen LogP contribution in [0.4, 0.5) is 11.4 Å². The number of anilines is 2. The van der Waals surface area contributed by atoms with Gasteiger partial charge in [0.15, 0.2) is 0 Å². The highest BCUT2D eigenvalue weighted by Crippen LogP contribution is 2.36. The Labute approximate surface area is 192 Å². The number of nitrogens with zero attached hydrogens (tertiary/aromatic N) is 3. The van der Waals surface area contributed by atoms with Crippen molar-refractivity contribution in [3.8, 4) is 11.5 Å². The van der Waals surface area contributed by atoms with Gasteiger partial charge in [0.05, 0.1) is 27.7 Å². The van der Waals surface area contributed by atoms with Gasteiger partial charge in [-0.25, -0.2) is 0 Å². The van der Waals surface area contributed by atoms with Crippen LogP contribution < -0.4 is 10.2 Å². The molecule has 3 aromatic rings. The number of rotatable bonds is 6. The average Bonchev–Trinajstić information content (AvgIpc) is 3.22. The Kier molecular flexibility index (Phi) is 6.97. The van der Waals surface area contributed by atoms with Gasteiger partial charge in [0, 0.05) is 17.6 Å². The summed E-state index contributed by atoms with van der Waals surface area (Å²) in [6.45, 7) is 1.89. The van der Waals surface area contributed by atoms with Crippen molar-refractivity contribution in [3.05, 3.63) is 52.0 Å². The molecule has 0 bridgehead atoms. The SMILES string of the molecule is O=C(CSc1nnc(-c2ccccc2Br)o1)Nc1cccc(Cl)c1N1CCCCC1. The molecule has 0 spiro atoms. The molecule has 0 unspecified atom stereocenters. The molecule has 156 valence electrons. The molecular formula is C21H20BrClN4O2S. The van der Waals surface area contributed by atoms with Crippen molar-refractivity contribution in [1.29, 1.82) is 0 Å². The van der Waals surface area contributed by atoms with Crippen LogP contribution >= 0.6 is 39.3 Å². The molecule has 2 heterocycles. The van der Waals surface area contributed by atoms with Gasteiger partial charge in [-0.2, -0.15) is 0 Å². The normalized spacial score (nSPS) is 14.0. The molecule has 1 aliphatic heterocycles. The van der Waals surface area contributed by atoms with E-state index in [0.717, 1.165) is 47.3 Å². The van der Waals surface area contributed by atoms with Crippen molar-refractivity contribution in [3.63, 3.8) is 0 Å². The number of piperidine rings is 1. The lowest BCUT2D eigenvalue weighted by atomic mass is 10.1. The fourth-order valence-corrected chi connectivity index (χ4v) is 4.69. The van der Waals surface area contributed by atoms with E-state index in [0.29, 0.717) is 16.1 Å². The van der Waals surface area contributed by atoms with Crippen LogP contribution in [0.1, 0.15) is 19.3 Å².